The minimum atomic E-state index is -0.393. The van der Waals surface area contributed by atoms with Crippen molar-refractivity contribution >= 4 is 0 Å². The van der Waals surface area contributed by atoms with Crippen LogP contribution in [-0.4, -0.2) is 7.11 Å². The van der Waals surface area contributed by atoms with Crippen molar-refractivity contribution in [3.05, 3.63) is 42.2 Å². The third kappa shape index (κ3) is 2.10. The van der Waals surface area contributed by atoms with Crippen LogP contribution in [-0.2, 0) is 0 Å². The Balaban J connectivity index is 3.04. The van der Waals surface area contributed by atoms with Crippen LogP contribution in [0.2, 0.25) is 0 Å². The molecule has 0 aromatic heterocycles. The van der Waals surface area contributed by atoms with Crippen LogP contribution >= 0.6 is 0 Å². The van der Waals surface area contributed by atoms with Crippen LogP contribution in [0.25, 0.3) is 0 Å². The molecule has 1 aromatic rings. The van der Waals surface area contributed by atoms with Crippen LogP contribution < -0.4 is 16.0 Å². The summed E-state index contributed by atoms with van der Waals surface area (Å²) in [5.74, 6) is 5.10. The normalized spacial score (nSPS) is 12.2. The number of hydrogen-bond acceptors (Lipinski definition) is 3. The molecule has 0 radical (unpaired) electrons. The van der Waals surface area contributed by atoms with Gasteiger partial charge >= 0.3 is 0 Å². The van der Waals surface area contributed by atoms with Gasteiger partial charge in [0.2, 0.25) is 0 Å². The number of hydrazine groups is 1. The van der Waals surface area contributed by atoms with Crippen molar-refractivity contribution < 1.29 is 9.13 Å². The molecule has 3 N–H and O–H groups in total. The molecule has 1 unspecified atom stereocenters. The van der Waals surface area contributed by atoms with Gasteiger partial charge in [0.05, 0.1) is 13.2 Å². The lowest BCUT2D eigenvalue weighted by atomic mass is 10.1. The maximum Gasteiger partial charge on any atom is 0.165 e. The first-order valence-corrected chi connectivity index (χ1v) is 4.15. The van der Waals surface area contributed by atoms with E-state index in [1.807, 2.05) is 0 Å². The molecule has 0 aliphatic heterocycles. The van der Waals surface area contributed by atoms with E-state index in [1.165, 1.54) is 13.2 Å². The first kappa shape index (κ1) is 10.7. The molecular formula is C10H13FN2O. The van der Waals surface area contributed by atoms with Gasteiger partial charge < -0.3 is 4.74 Å². The van der Waals surface area contributed by atoms with Crippen molar-refractivity contribution in [2.24, 2.45) is 5.84 Å². The zero-order valence-corrected chi connectivity index (χ0v) is 7.96. The Bertz CT molecular complexity index is 328. The molecule has 0 bridgehead atoms. The number of nitrogens with one attached hydrogen (secondary N) is 1. The molecule has 0 saturated heterocycles. The Morgan fingerprint density at radius 3 is 2.86 bits per heavy atom. The number of nitrogens with two attached hydrogens (primary N) is 1. The number of methoxy groups -OCH3 is 1. The van der Waals surface area contributed by atoms with Gasteiger partial charge in [0.1, 0.15) is 0 Å². The highest BCUT2D eigenvalue weighted by molar-refractivity contribution is 5.33. The van der Waals surface area contributed by atoms with E-state index in [9.17, 15) is 4.39 Å². The molecule has 14 heavy (non-hydrogen) atoms. The molecule has 0 amide bonds. The molecule has 1 aromatic carbocycles. The number of rotatable bonds is 4. The second kappa shape index (κ2) is 4.74. The summed E-state index contributed by atoms with van der Waals surface area (Å²) < 4.78 is 17.9. The van der Waals surface area contributed by atoms with Gasteiger partial charge in [-0.1, -0.05) is 12.1 Å². The Hall–Kier alpha value is -1.39. The van der Waals surface area contributed by atoms with Gasteiger partial charge in [-0.25, -0.2) is 9.82 Å². The molecule has 1 atom stereocenters. The average Bonchev–Trinajstić information content (AvgIpc) is 2.22. The Labute approximate surface area is 82.3 Å². The van der Waals surface area contributed by atoms with Crippen molar-refractivity contribution in [2.45, 2.75) is 6.04 Å². The smallest absolute Gasteiger partial charge is 0.165 e. The monoisotopic (exact) mass is 196 g/mol. The molecular weight excluding hydrogens is 183 g/mol. The van der Waals surface area contributed by atoms with E-state index < -0.39 is 5.82 Å². The number of halogens is 1. The summed E-state index contributed by atoms with van der Waals surface area (Å²) in [6, 6.07) is 4.35. The van der Waals surface area contributed by atoms with Gasteiger partial charge in [0.15, 0.2) is 11.6 Å². The molecule has 1 rings (SSSR count). The van der Waals surface area contributed by atoms with Gasteiger partial charge in [-0.15, -0.1) is 6.58 Å². The molecule has 0 heterocycles. The molecule has 3 nitrogen and oxygen atoms in total. The lowest BCUT2D eigenvalue weighted by Gasteiger charge is -2.12. The number of ether oxygens (including phenoxy) is 1. The van der Waals surface area contributed by atoms with E-state index in [-0.39, 0.29) is 11.8 Å². The largest absolute Gasteiger partial charge is 0.494 e. The summed E-state index contributed by atoms with van der Waals surface area (Å²) >= 11 is 0. The molecule has 76 valence electrons. The minimum absolute atomic E-state index is 0.199. The van der Waals surface area contributed by atoms with Gasteiger partial charge in [0.25, 0.3) is 0 Å². The quantitative estimate of drug-likeness (QED) is 0.436. The van der Waals surface area contributed by atoms with E-state index in [1.54, 1.807) is 18.2 Å². The highest BCUT2D eigenvalue weighted by atomic mass is 19.1. The zero-order valence-electron chi connectivity index (χ0n) is 7.96. The van der Waals surface area contributed by atoms with E-state index in [0.29, 0.717) is 0 Å². The van der Waals surface area contributed by atoms with Crippen LogP contribution in [0.4, 0.5) is 4.39 Å². The van der Waals surface area contributed by atoms with Crippen LogP contribution in [0.3, 0.4) is 0 Å². The molecule has 0 fully saturated rings. The van der Waals surface area contributed by atoms with Crippen molar-refractivity contribution in [3.63, 3.8) is 0 Å². The topological polar surface area (TPSA) is 47.3 Å². The third-order valence-corrected chi connectivity index (χ3v) is 1.95. The molecule has 4 heteroatoms. The van der Waals surface area contributed by atoms with Crippen molar-refractivity contribution in [2.75, 3.05) is 7.11 Å². The molecule has 0 aliphatic carbocycles. The molecule has 0 aliphatic rings. The second-order valence-corrected chi connectivity index (χ2v) is 2.77. The first-order chi connectivity index (χ1) is 6.72. The Kier molecular flexibility index (Phi) is 3.62. The van der Waals surface area contributed by atoms with Crippen LogP contribution in [0, 0.1) is 5.82 Å². The Morgan fingerprint density at radius 2 is 2.36 bits per heavy atom. The fourth-order valence-corrected chi connectivity index (χ4v) is 1.17. The number of hydrogen-bond donors (Lipinski definition) is 2. The average molecular weight is 196 g/mol. The standard InChI is InChI=1S/C10H13FN2O/c1-3-9(13-12)7-4-5-8(11)10(6-7)14-2/h3-6,9,13H,1,12H2,2H3. The maximum atomic E-state index is 13.0. The molecule has 0 spiro atoms. The molecule has 0 saturated carbocycles. The summed E-state index contributed by atoms with van der Waals surface area (Å²) in [7, 11) is 1.42. The van der Waals surface area contributed by atoms with Crippen molar-refractivity contribution in [3.8, 4) is 5.75 Å². The predicted octanol–water partition coefficient (Wildman–Crippen LogP) is 1.52. The predicted molar refractivity (Wildman–Crippen MR) is 53.2 cm³/mol. The fraction of sp³-hybridized carbons (Fsp3) is 0.200. The van der Waals surface area contributed by atoms with E-state index >= 15 is 0 Å². The second-order valence-electron chi connectivity index (χ2n) is 2.77. The van der Waals surface area contributed by atoms with Crippen LogP contribution in [0.5, 0.6) is 5.75 Å². The summed E-state index contributed by atoms with van der Waals surface area (Å²) in [6.07, 6.45) is 1.63. The highest BCUT2D eigenvalue weighted by Crippen LogP contribution is 2.22. The van der Waals surface area contributed by atoms with Crippen LogP contribution in [0.15, 0.2) is 30.9 Å². The lowest BCUT2D eigenvalue weighted by Crippen LogP contribution is -2.26. The van der Waals surface area contributed by atoms with Gasteiger partial charge in [-0.2, -0.15) is 0 Å². The van der Waals surface area contributed by atoms with Crippen LogP contribution in [0.1, 0.15) is 11.6 Å². The highest BCUT2D eigenvalue weighted by Gasteiger charge is 2.08. The van der Waals surface area contributed by atoms with E-state index in [2.05, 4.69) is 12.0 Å². The maximum absolute atomic E-state index is 13.0. The lowest BCUT2D eigenvalue weighted by molar-refractivity contribution is 0.385. The summed E-state index contributed by atoms with van der Waals surface area (Å²) in [5, 5.41) is 0. The zero-order chi connectivity index (χ0) is 10.6. The first-order valence-electron chi connectivity index (χ1n) is 4.15. The Morgan fingerprint density at radius 1 is 1.64 bits per heavy atom. The third-order valence-electron chi connectivity index (χ3n) is 1.95. The SMILES string of the molecule is C=CC(NN)c1ccc(F)c(OC)c1. The summed E-state index contributed by atoms with van der Waals surface area (Å²) in [6.45, 7) is 3.61. The minimum Gasteiger partial charge on any atom is -0.494 e. The van der Waals surface area contributed by atoms with E-state index in [4.69, 9.17) is 10.6 Å². The summed E-state index contributed by atoms with van der Waals surface area (Å²) in [5.41, 5.74) is 3.35. The van der Waals surface area contributed by atoms with Crippen molar-refractivity contribution in [1.82, 2.24) is 5.43 Å². The van der Waals surface area contributed by atoms with E-state index in [0.717, 1.165) is 5.56 Å². The van der Waals surface area contributed by atoms with Crippen molar-refractivity contribution in [1.29, 1.82) is 0 Å². The summed E-state index contributed by atoms with van der Waals surface area (Å²) in [4.78, 5) is 0. The number of benzene rings is 1. The fourth-order valence-electron chi connectivity index (χ4n) is 1.17. The van der Waals surface area contributed by atoms with Gasteiger partial charge in [0, 0.05) is 0 Å². The van der Waals surface area contributed by atoms with Gasteiger partial charge in [-0.3, -0.25) is 5.84 Å². The van der Waals surface area contributed by atoms with Gasteiger partial charge in [-0.05, 0) is 17.7 Å².